The van der Waals surface area contributed by atoms with E-state index in [0.29, 0.717) is 18.9 Å². The molecular weight excluding hydrogens is 465 g/mol. The van der Waals surface area contributed by atoms with Crippen molar-refractivity contribution >= 4 is 41.5 Å². The van der Waals surface area contributed by atoms with Gasteiger partial charge in [0.1, 0.15) is 0 Å². The number of anilines is 1. The molecule has 0 aromatic heterocycles. The van der Waals surface area contributed by atoms with Crippen LogP contribution in [0.2, 0.25) is 0 Å². The summed E-state index contributed by atoms with van der Waals surface area (Å²) in [5, 5.41) is 6.82. The highest BCUT2D eigenvalue weighted by atomic mass is 127. The number of carbonyl (C=O) groups excluding carboxylic acids is 1. The van der Waals surface area contributed by atoms with Gasteiger partial charge in [0.2, 0.25) is 5.91 Å². The number of carbonyl (C=O) groups is 1. The Labute approximate surface area is 185 Å². The van der Waals surface area contributed by atoms with Crippen LogP contribution in [0.3, 0.4) is 0 Å². The van der Waals surface area contributed by atoms with Gasteiger partial charge in [-0.3, -0.25) is 9.79 Å². The van der Waals surface area contributed by atoms with Crippen LogP contribution >= 0.6 is 24.0 Å². The highest BCUT2D eigenvalue weighted by molar-refractivity contribution is 14.0. The summed E-state index contributed by atoms with van der Waals surface area (Å²) in [5.41, 5.74) is 0.972. The molecule has 1 saturated carbocycles. The first-order valence-corrected chi connectivity index (χ1v) is 10.4. The Hall–Kier alpha value is -1.35. The molecule has 1 amide bonds. The van der Waals surface area contributed by atoms with E-state index in [4.69, 9.17) is 4.99 Å². The number of guanidine groups is 1. The fourth-order valence-corrected chi connectivity index (χ4v) is 4.18. The SMILES string of the molecule is CCNC(=NCC1CCN(C2CC2)C1)NC1CC(=O)N(c2ccccc2)C1.I. The molecule has 2 atom stereocenters. The van der Waals surface area contributed by atoms with E-state index >= 15 is 0 Å². The van der Waals surface area contributed by atoms with Crippen LogP contribution in [0.25, 0.3) is 0 Å². The zero-order chi connectivity index (χ0) is 18.6. The summed E-state index contributed by atoms with van der Waals surface area (Å²) in [6.45, 7) is 6.88. The van der Waals surface area contributed by atoms with Gasteiger partial charge in [-0.05, 0) is 50.8 Å². The van der Waals surface area contributed by atoms with Gasteiger partial charge in [-0.25, -0.2) is 0 Å². The van der Waals surface area contributed by atoms with Gasteiger partial charge in [-0.2, -0.15) is 0 Å². The number of rotatable bonds is 6. The van der Waals surface area contributed by atoms with Gasteiger partial charge in [-0.15, -0.1) is 24.0 Å². The molecule has 1 aliphatic carbocycles. The zero-order valence-electron chi connectivity index (χ0n) is 16.6. The predicted octanol–water partition coefficient (Wildman–Crippen LogP) is 2.45. The van der Waals surface area contributed by atoms with Crippen molar-refractivity contribution in [2.45, 2.75) is 44.7 Å². The molecule has 0 radical (unpaired) electrons. The summed E-state index contributed by atoms with van der Waals surface area (Å²) in [5.74, 6) is 1.67. The number of hydrogen-bond donors (Lipinski definition) is 2. The number of nitrogens with zero attached hydrogens (tertiary/aromatic N) is 3. The third-order valence-corrected chi connectivity index (χ3v) is 5.77. The number of para-hydroxylation sites is 1. The smallest absolute Gasteiger partial charge is 0.229 e. The summed E-state index contributed by atoms with van der Waals surface area (Å²) in [6.07, 6.45) is 4.53. The van der Waals surface area contributed by atoms with Crippen molar-refractivity contribution < 1.29 is 4.79 Å². The monoisotopic (exact) mass is 497 g/mol. The van der Waals surface area contributed by atoms with Crippen molar-refractivity contribution in [1.82, 2.24) is 15.5 Å². The molecule has 1 aromatic rings. The maximum Gasteiger partial charge on any atom is 0.229 e. The maximum atomic E-state index is 12.4. The number of nitrogens with one attached hydrogen (secondary N) is 2. The normalized spacial score (nSPS) is 25.7. The van der Waals surface area contributed by atoms with E-state index in [1.165, 1.54) is 32.4 Å². The number of likely N-dealkylation sites (tertiary alicyclic amines) is 1. The molecule has 6 nitrogen and oxygen atoms in total. The second kappa shape index (κ2) is 9.91. The maximum absolute atomic E-state index is 12.4. The van der Waals surface area contributed by atoms with Crippen LogP contribution in [0.5, 0.6) is 0 Å². The minimum Gasteiger partial charge on any atom is -0.357 e. The second-order valence-electron chi connectivity index (χ2n) is 7.99. The Morgan fingerprint density at radius 1 is 1.18 bits per heavy atom. The highest BCUT2D eigenvalue weighted by Crippen LogP contribution is 2.31. The number of halogens is 1. The van der Waals surface area contributed by atoms with Crippen molar-refractivity contribution in [2.24, 2.45) is 10.9 Å². The van der Waals surface area contributed by atoms with Gasteiger partial charge < -0.3 is 20.4 Å². The first-order valence-electron chi connectivity index (χ1n) is 10.4. The molecule has 7 heteroatoms. The van der Waals surface area contributed by atoms with Crippen LogP contribution in [-0.2, 0) is 4.79 Å². The van der Waals surface area contributed by atoms with Crippen LogP contribution in [0.4, 0.5) is 5.69 Å². The Kier molecular flexibility index (Phi) is 7.56. The van der Waals surface area contributed by atoms with Crippen molar-refractivity contribution in [3.05, 3.63) is 30.3 Å². The van der Waals surface area contributed by atoms with E-state index in [0.717, 1.165) is 30.8 Å². The summed E-state index contributed by atoms with van der Waals surface area (Å²) in [7, 11) is 0. The van der Waals surface area contributed by atoms with Gasteiger partial charge in [0.05, 0.1) is 6.04 Å². The Morgan fingerprint density at radius 3 is 2.68 bits per heavy atom. The van der Waals surface area contributed by atoms with E-state index in [1.54, 1.807) is 0 Å². The molecule has 1 aromatic carbocycles. The molecule has 2 unspecified atom stereocenters. The van der Waals surface area contributed by atoms with E-state index < -0.39 is 0 Å². The van der Waals surface area contributed by atoms with Gasteiger partial charge in [0, 0.05) is 44.3 Å². The lowest BCUT2D eigenvalue weighted by atomic mass is 10.1. The number of aliphatic imine (C=N–C) groups is 1. The van der Waals surface area contributed by atoms with E-state index in [9.17, 15) is 4.79 Å². The lowest BCUT2D eigenvalue weighted by Crippen LogP contribution is -2.45. The largest absolute Gasteiger partial charge is 0.357 e. The average molecular weight is 497 g/mol. The predicted molar refractivity (Wildman–Crippen MR) is 124 cm³/mol. The summed E-state index contributed by atoms with van der Waals surface area (Å²) in [6, 6.07) is 10.9. The van der Waals surface area contributed by atoms with E-state index in [1.807, 2.05) is 35.2 Å². The lowest BCUT2D eigenvalue weighted by molar-refractivity contribution is -0.117. The molecule has 2 saturated heterocycles. The highest BCUT2D eigenvalue weighted by Gasteiger charge is 2.34. The number of benzene rings is 1. The van der Waals surface area contributed by atoms with Crippen LogP contribution < -0.4 is 15.5 Å². The fraction of sp³-hybridized carbons (Fsp3) is 0.619. The summed E-state index contributed by atoms with van der Waals surface area (Å²) in [4.78, 5) is 21.8. The molecule has 0 bridgehead atoms. The van der Waals surface area contributed by atoms with Crippen LogP contribution in [0.1, 0.15) is 32.6 Å². The van der Waals surface area contributed by atoms with Crippen molar-refractivity contribution in [3.8, 4) is 0 Å². The summed E-state index contributed by atoms with van der Waals surface area (Å²) < 4.78 is 0. The first-order chi connectivity index (χ1) is 13.2. The molecule has 2 heterocycles. The standard InChI is InChI=1S/C21H31N5O.HI/c1-2-22-21(23-13-16-10-11-25(14-16)18-8-9-18)24-17-12-20(27)26(15-17)19-6-4-3-5-7-19;/h3-7,16-18H,2,8-15H2,1H3,(H2,22,23,24);1H. The van der Waals surface area contributed by atoms with Crippen molar-refractivity contribution in [1.29, 1.82) is 0 Å². The Bertz CT molecular complexity index is 679. The third kappa shape index (κ3) is 5.37. The summed E-state index contributed by atoms with van der Waals surface area (Å²) >= 11 is 0. The first kappa shape index (κ1) is 21.4. The number of hydrogen-bond acceptors (Lipinski definition) is 3. The van der Waals surface area contributed by atoms with Crippen molar-refractivity contribution in [3.63, 3.8) is 0 Å². The third-order valence-electron chi connectivity index (χ3n) is 5.77. The molecule has 2 aliphatic heterocycles. The van der Waals surface area contributed by atoms with Gasteiger partial charge in [0.25, 0.3) is 0 Å². The van der Waals surface area contributed by atoms with Crippen LogP contribution in [-0.4, -0.2) is 61.6 Å². The minimum absolute atomic E-state index is 0. The van der Waals surface area contributed by atoms with Crippen LogP contribution in [0.15, 0.2) is 35.3 Å². The van der Waals surface area contributed by atoms with Gasteiger partial charge in [0.15, 0.2) is 5.96 Å². The topological polar surface area (TPSA) is 60.0 Å². The molecule has 0 spiro atoms. The van der Waals surface area contributed by atoms with E-state index in [-0.39, 0.29) is 35.9 Å². The van der Waals surface area contributed by atoms with Crippen molar-refractivity contribution in [2.75, 3.05) is 37.6 Å². The molecule has 4 rings (SSSR count). The lowest BCUT2D eigenvalue weighted by Gasteiger charge is -2.19. The van der Waals surface area contributed by atoms with Gasteiger partial charge >= 0.3 is 0 Å². The second-order valence-corrected chi connectivity index (χ2v) is 7.99. The Balaban J connectivity index is 0.00000225. The quantitative estimate of drug-likeness (QED) is 0.360. The van der Waals surface area contributed by atoms with Crippen LogP contribution in [0, 0.1) is 5.92 Å². The van der Waals surface area contributed by atoms with E-state index in [2.05, 4.69) is 22.5 Å². The molecule has 2 N–H and O–H groups in total. The average Bonchev–Trinajstić information content (AvgIpc) is 3.31. The van der Waals surface area contributed by atoms with Gasteiger partial charge in [-0.1, -0.05) is 18.2 Å². The molecule has 3 fully saturated rings. The zero-order valence-corrected chi connectivity index (χ0v) is 19.0. The fourth-order valence-electron chi connectivity index (χ4n) is 4.18. The molecule has 154 valence electrons. The number of amides is 1. The molecule has 3 aliphatic rings. The molecule has 28 heavy (non-hydrogen) atoms. The Morgan fingerprint density at radius 2 is 1.96 bits per heavy atom. The molecular formula is C21H32IN5O. The minimum atomic E-state index is 0.